The predicted molar refractivity (Wildman–Crippen MR) is 112 cm³/mol. The third-order valence-electron chi connectivity index (χ3n) is 3.65. The fourth-order valence-electron chi connectivity index (χ4n) is 2.45. The lowest BCUT2D eigenvalue weighted by atomic mass is 10.2. The van der Waals surface area contributed by atoms with Gasteiger partial charge in [-0.3, -0.25) is 0 Å². The van der Waals surface area contributed by atoms with E-state index in [-0.39, 0.29) is 5.57 Å². The van der Waals surface area contributed by atoms with Crippen LogP contribution < -0.4 is 0 Å². The molecule has 0 saturated heterocycles. The summed E-state index contributed by atoms with van der Waals surface area (Å²) >= 11 is 8.35. The molecule has 0 atom stereocenters. The highest BCUT2D eigenvalue weighted by Crippen LogP contribution is 2.59. The fraction of sp³-hybridized carbons (Fsp3) is 0.0526. The first-order valence-corrected chi connectivity index (χ1v) is 9.87. The summed E-state index contributed by atoms with van der Waals surface area (Å²) in [5.74, 6) is 0. The van der Waals surface area contributed by atoms with E-state index < -0.39 is 10.7 Å². The van der Waals surface area contributed by atoms with Gasteiger partial charge in [0.05, 0.1) is 0 Å². The first-order valence-electron chi connectivity index (χ1n) is 7.21. The Morgan fingerprint density at radius 3 is 1.68 bits per heavy atom. The van der Waals surface area contributed by atoms with Gasteiger partial charge in [0.25, 0.3) is 0 Å². The smallest absolute Gasteiger partial charge is 0.166 e. The predicted octanol–water partition coefficient (Wildman–Crippen LogP) is 7.86. The molecule has 0 heterocycles. The van der Waals surface area contributed by atoms with Crippen molar-refractivity contribution >= 4 is 62.5 Å². The van der Waals surface area contributed by atoms with Crippen molar-refractivity contribution in [3.63, 3.8) is 0 Å². The summed E-state index contributed by atoms with van der Waals surface area (Å²) in [7, 11) is 0. The van der Waals surface area contributed by atoms with Crippen molar-refractivity contribution < 1.29 is 13.2 Å². The Labute approximate surface area is 173 Å². The van der Waals surface area contributed by atoms with E-state index in [0.29, 0.717) is 15.6 Å². The van der Waals surface area contributed by atoms with Gasteiger partial charge < -0.3 is 0 Å². The zero-order valence-electron chi connectivity index (χ0n) is 12.5. The van der Waals surface area contributed by atoms with Crippen LogP contribution in [-0.4, -0.2) is 6.18 Å². The first-order chi connectivity index (χ1) is 11.8. The standard InChI is InChI=1S/C19H10Br2F3I/c20-16(11-7-3-1-4-8-11)13-14(15(13)18(21)19(22,23)24)17(25)12-9-5-2-6-10-12/h1-10H. The van der Waals surface area contributed by atoms with Gasteiger partial charge in [-0.15, -0.1) is 0 Å². The molecule has 0 radical (unpaired) electrons. The molecule has 2 aromatic carbocycles. The highest BCUT2D eigenvalue weighted by atomic mass is 127. The minimum atomic E-state index is -4.43. The molecular formula is C19H10Br2F3I. The molecular weight excluding hydrogens is 572 g/mol. The molecule has 1 aliphatic rings. The monoisotopic (exact) mass is 580 g/mol. The molecule has 25 heavy (non-hydrogen) atoms. The van der Waals surface area contributed by atoms with E-state index >= 15 is 0 Å². The van der Waals surface area contributed by atoms with Crippen molar-refractivity contribution in [2.24, 2.45) is 0 Å². The Morgan fingerprint density at radius 1 is 0.720 bits per heavy atom. The van der Waals surface area contributed by atoms with E-state index in [1.165, 1.54) is 0 Å². The van der Waals surface area contributed by atoms with Crippen molar-refractivity contribution in [2.75, 3.05) is 0 Å². The molecule has 1 saturated carbocycles. The van der Waals surface area contributed by atoms with E-state index in [1.807, 2.05) is 60.7 Å². The third-order valence-corrected chi connectivity index (χ3v) is 6.51. The van der Waals surface area contributed by atoms with Crippen LogP contribution >= 0.6 is 54.5 Å². The summed E-state index contributed by atoms with van der Waals surface area (Å²) in [5.41, 5.74) is 3.14. The van der Waals surface area contributed by atoms with Gasteiger partial charge in [-0.25, -0.2) is 0 Å². The van der Waals surface area contributed by atoms with E-state index in [1.54, 1.807) is 0 Å². The van der Waals surface area contributed by atoms with E-state index in [4.69, 9.17) is 0 Å². The molecule has 0 unspecified atom stereocenters. The second-order valence-electron chi connectivity index (χ2n) is 5.30. The van der Waals surface area contributed by atoms with Gasteiger partial charge in [-0.2, -0.15) is 13.2 Å². The van der Waals surface area contributed by atoms with Crippen LogP contribution in [0, 0.1) is 0 Å². The highest BCUT2D eigenvalue weighted by molar-refractivity contribution is 14.1. The number of benzene rings is 2. The van der Waals surface area contributed by atoms with Crippen LogP contribution in [0.4, 0.5) is 13.2 Å². The molecule has 0 spiro atoms. The molecule has 0 amide bonds. The van der Waals surface area contributed by atoms with E-state index in [9.17, 15) is 13.2 Å². The zero-order valence-corrected chi connectivity index (χ0v) is 17.9. The van der Waals surface area contributed by atoms with E-state index in [0.717, 1.165) is 14.7 Å². The number of hydrogen-bond acceptors (Lipinski definition) is 0. The quantitative estimate of drug-likeness (QED) is 0.317. The second kappa shape index (κ2) is 7.40. The van der Waals surface area contributed by atoms with Gasteiger partial charge in [0, 0.05) is 24.8 Å². The average Bonchev–Trinajstić information content (AvgIpc) is 3.35. The largest absolute Gasteiger partial charge is 0.423 e. The SMILES string of the molecule is FC(F)(F)C(Br)=C1C(=C(Br)c2ccccc2)C1=C(I)c1ccccc1. The van der Waals surface area contributed by atoms with Crippen molar-refractivity contribution in [3.8, 4) is 0 Å². The molecule has 3 rings (SSSR count). The molecule has 2 aromatic rings. The van der Waals surface area contributed by atoms with Crippen molar-refractivity contribution in [1.29, 1.82) is 0 Å². The molecule has 0 nitrogen and oxygen atoms in total. The van der Waals surface area contributed by atoms with Crippen LogP contribution in [0.1, 0.15) is 11.1 Å². The van der Waals surface area contributed by atoms with Crippen molar-refractivity contribution in [3.05, 3.63) is 93.0 Å². The third kappa shape index (κ3) is 3.95. The van der Waals surface area contributed by atoms with Crippen LogP contribution in [0.5, 0.6) is 0 Å². The Kier molecular flexibility index (Phi) is 5.60. The highest BCUT2D eigenvalue weighted by Gasteiger charge is 2.46. The van der Waals surface area contributed by atoms with E-state index in [2.05, 4.69) is 54.5 Å². The van der Waals surface area contributed by atoms with Gasteiger partial charge >= 0.3 is 6.18 Å². The van der Waals surface area contributed by atoms with Crippen molar-refractivity contribution in [1.82, 2.24) is 0 Å². The minimum Gasteiger partial charge on any atom is -0.166 e. The molecule has 0 aromatic heterocycles. The Bertz CT molecular complexity index is 832. The average molecular weight is 582 g/mol. The van der Waals surface area contributed by atoms with Gasteiger partial charge in [-0.1, -0.05) is 60.7 Å². The minimum absolute atomic E-state index is 0.205. The van der Waals surface area contributed by atoms with Crippen LogP contribution in [0.15, 0.2) is 81.9 Å². The maximum atomic E-state index is 13.3. The fourth-order valence-corrected chi connectivity index (χ4v) is 4.40. The molecule has 1 fully saturated rings. The van der Waals surface area contributed by atoms with Crippen LogP contribution in [-0.2, 0) is 0 Å². The topological polar surface area (TPSA) is 0 Å². The Balaban J connectivity index is 2.23. The van der Waals surface area contributed by atoms with Gasteiger partial charge in [0.1, 0.15) is 4.48 Å². The molecule has 1 aliphatic carbocycles. The number of allylic oxidation sites excluding steroid dienone is 4. The maximum Gasteiger partial charge on any atom is 0.423 e. The second-order valence-corrected chi connectivity index (χ2v) is 7.96. The summed E-state index contributed by atoms with van der Waals surface area (Å²) in [6.45, 7) is 0. The number of rotatable bonds is 2. The maximum absolute atomic E-state index is 13.3. The Morgan fingerprint density at radius 2 is 1.20 bits per heavy atom. The van der Waals surface area contributed by atoms with Crippen LogP contribution in [0.3, 0.4) is 0 Å². The first kappa shape index (κ1) is 18.9. The number of alkyl halides is 3. The summed E-state index contributed by atoms with van der Waals surface area (Å²) < 4.78 is 40.5. The summed E-state index contributed by atoms with van der Waals surface area (Å²) in [6.07, 6.45) is -4.43. The lowest BCUT2D eigenvalue weighted by molar-refractivity contribution is -0.0830. The molecule has 0 aliphatic heterocycles. The summed E-state index contributed by atoms with van der Waals surface area (Å²) in [6, 6.07) is 18.7. The lowest BCUT2D eigenvalue weighted by Crippen LogP contribution is -2.06. The molecule has 6 heteroatoms. The Hall–Kier alpha value is -0.860. The van der Waals surface area contributed by atoms with Crippen LogP contribution in [0.25, 0.3) is 8.06 Å². The van der Waals surface area contributed by atoms with Crippen molar-refractivity contribution in [2.45, 2.75) is 6.18 Å². The van der Waals surface area contributed by atoms with Gasteiger partial charge in [-0.05, 0) is 65.6 Å². The molecule has 128 valence electrons. The summed E-state index contributed by atoms with van der Waals surface area (Å²) in [5, 5.41) is 0. The zero-order chi connectivity index (χ0) is 18.2. The van der Waals surface area contributed by atoms with Gasteiger partial charge in [0.15, 0.2) is 0 Å². The summed E-state index contributed by atoms with van der Waals surface area (Å²) in [4.78, 5) is 0. The van der Waals surface area contributed by atoms with Crippen LogP contribution in [0.2, 0.25) is 0 Å². The van der Waals surface area contributed by atoms with Gasteiger partial charge in [0.2, 0.25) is 0 Å². The molecule has 0 N–H and O–H groups in total. The normalized spacial score (nSPS) is 20.2. The lowest BCUT2D eigenvalue weighted by Gasteiger charge is -2.02. The number of halogens is 6. The molecule has 0 bridgehead atoms. The number of hydrogen-bond donors (Lipinski definition) is 0.